The van der Waals surface area contributed by atoms with Gasteiger partial charge in [-0.1, -0.05) is 19.1 Å². The van der Waals surface area contributed by atoms with Crippen molar-refractivity contribution in [3.63, 3.8) is 0 Å². The van der Waals surface area contributed by atoms with Crippen molar-refractivity contribution in [3.05, 3.63) is 61.6 Å². The van der Waals surface area contributed by atoms with Crippen LogP contribution in [0.25, 0.3) is 11.0 Å². The van der Waals surface area contributed by atoms with Gasteiger partial charge in [-0.3, -0.25) is 14.2 Å². The van der Waals surface area contributed by atoms with Crippen LogP contribution in [0.2, 0.25) is 0 Å². The van der Waals surface area contributed by atoms with Crippen LogP contribution in [0.4, 0.5) is 0 Å². The van der Waals surface area contributed by atoms with Gasteiger partial charge in [0, 0.05) is 17.0 Å². The molecule has 0 spiro atoms. The number of pyridine rings is 1. The van der Waals surface area contributed by atoms with Gasteiger partial charge in [-0.15, -0.1) is 0 Å². The maximum atomic E-state index is 13.4. The Morgan fingerprint density at radius 3 is 2.45 bits per heavy atom. The first-order chi connectivity index (χ1) is 13.6. The number of furan rings is 1. The molecule has 1 aromatic carbocycles. The first kappa shape index (κ1) is 20.4. The van der Waals surface area contributed by atoms with Crippen LogP contribution < -0.4 is 5.56 Å². The van der Waals surface area contributed by atoms with Crippen LogP contribution in [0.1, 0.15) is 70.2 Å². The SMILES string of the molecule is CCC(C)n1c(O)c(C(=O)c2oc3c(C)c(C)ccc3c2C)c(C)c(C#N)c1=O. The Kier molecular flexibility index (Phi) is 5.10. The zero-order valence-electron chi connectivity index (χ0n) is 17.5. The van der Waals surface area contributed by atoms with Gasteiger partial charge in [0.2, 0.25) is 11.7 Å². The predicted molar refractivity (Wildman–Crippen MR) is 111 cm³/mol. The molecule has 1 atom stereocenters. The lowest BCUT2D eigenvalue weighted by atomic mass is 9.97. The Labute approximate surface area is 169 Å². The number of nitriles is 1. The molecule has 3 rings (SSSR count). The summed E-state index contributed by atoms with van der Waals surface area (Å²) in [6, 6.07) is 5.39. The van der Waals surface area contributed by atoms with Gasteiger partial charge in [0.1, 0.15) is 17.2 Å². The van der Waals surface area contributed by atoms with Gasteiger partial charge < -0.3 is 9.52 Å². The van der Waals surface area contributed by atoms with Gasteiger partial charge in [0.05, 0.1) is 5.56 Å². The van der Waals surface area contributed by atoms with Crippen LogP contribution in [0.5, 0.6) is 5.88 Å². The number of aromatic hydroxyl groups is 1. The molecule has 0 amide bonds. The summed E-state index contributed by atoms with van der Waals surface area (Å²) in [5.41, 5.74) is 2.61. The molecule has 0 fully saturated rings. The van der Waals surface area contributed by atoms with Crippen LogP contribution in [-0.2, 0) is 0 Å². The van der Waals surface area contributed by atoms with Crippen molar-refractivity contribution < 1.29 is 14.3 Å². The fourth-order valence-electron chi connectivity index (χ4n) is 3.63. The van der Waals surface area contributed by atoms with E-state index in [-0.39, 0.29) is 28.5 Å². The highest BCUT2D eigenvalue weighted by molar-refractivity contribution is 6.13. The van der Waals surface area contributed by atoms with Crippen LogP contribution in [0.3, 0.4) is 0 Å². The molecule has 0 aliphatic heterocycles. The van der Waals surface area contributed by atoms with Crippen LogP contribution in [0, 0.1) is 39.0 Å². The van der Waals surface area contributed by atoms with Gasteiger partial charge in [-0.2, -0.15) is 5.26 Å². The van der Waals surface area contributed by atoms with Crippen molar-refractivity contribution in [1.82, 2.24) is 4.57 Å². The summed E-state index contributed by atoms with van der Waals surface area (Å²) in [6.07, 6.45) is 0.553. The van der Waals surface area contributed by atoms with Gasteiger partial charge >= 0.3 is 0 Å². The highest BCUT2D eigenvalue weighted by Gasteiger charge is 2.29. The summed E-state index contributed by atoms with van der Waals surface area (Å²) in [4.78, 5) is 26.1. The highest BCUT2D eigenvalue weighted by Crippen LogP contribution is 2.34. The number of benzene rings is 1. The van der Waals surface area contributed by atoms with E-state index in [2.05, 4.69) is 0 Å². The largest absolute Gasteiger partial charge is 0.494 e. The second kappa shape index (κ2) is 7.25. The van der Waals surface area contributed by atoms with E-state index in [4.69, 9.17) is 4.42 Å². The lowest BCUT2D eigenvalue weighted by Gasteiger charge is -2.19. The standard InChI is InChI=1S/C23H24N2O4/c1-7-12(3)25-22(27)17(10-24)14(5)18(23(25)28)19(26)21-15(6)16-9-8-11(2)13(4)20(16)29-21/h8-9,12,28H,7H2,1-6H3. The second-order valence-corrected chi connectivity index (χ2v) is 7.51. The molecular formula is C23H24N2O4. The molecule has 3 aromatic rings. The molecule has 0 aliphatic rings. The van der Waals surface area contributed by atoms with E-state index in [1.807, 2.05) is 39.0 Å². The molecular weight excluding hydrogens is 368 g/mol. The molecule has 0 bridgehead atoms. The summed E-state index contributed by atoms with van der Waals surface area (Å²) in [6.45, 7) is 10.8. The Balaban J connectivity index is 2.35. The Hall–Kier alpha value is -3.33. The van der Waals surface area contributed by atoms with E-state index >= 15 is 0 Å². The third kappa shape index (κ3) is 2.94. The number of rotatable bonds is 4. The fourth-order valence-corrected chi connectivity index (χ4v) is 3.63. The maximum absolute atomic E-state index is 13.4. The average Bonchev–Trinajstić information content (AvgIpc) is 3.02. The summed E-state index contributed by atoms with van der Waals surface area (Å²) >= 11 is 0. The van der Waals surface area contributed by atoms with Gasteiger partial charge in [-0.05, 0) is 57.7 Å². The summed E-state index contributed by atoms with van der Waals surface area (Å²) in [5.74, 6) is -0.872. The number of carbonyl (C=O) groups excluding carboxylic acids is 1. The lowest BCUT2D eigenvalue weighted by molar-refractivity contribution is 0.100. The van der Waals surface area contributed by atoms with Gasteiger partial charge in [0.15, 0.2) is 5.76 Å². The quantitative estimate of drug-likeness (QED) is 0.654. The number of carbonyl (C=O) groups is 1. The van der Waals surface area contributed by atoms with Crippen LogP contribution in [0.15, 0.2) is 21.3 Å². The topological polar surface area (TPSA) is 96.2 Å². The predicted octanol–water partition coefficient (Wildman–Crippen LogP) is 4.61. The minimum absolute atomic E-state index is 0.0713. The zero-order valence-corrected chi connectivity index (χ0v) is 17.5. The zero-order chi connectivity index (χ0) is 21.6. The molecule has 6 nitrogen and oxygen atoms in total. The van der Waals surface area contributed by atoms with Crippen LogP contribution >= 0.6 is 0 Å². The van der Waals surface area contributed by atoms with Crippen molar-refractivity contribution in [1.29, 1.82) is 5.26 Å². The van der Waals surface area contributed by atoms with Crippen LogP contribution in [-0.4, -0.2) is 15.5 Å². The summed E-state index contributed by atoms with van der Waals surface area (Å²) in [7, 11) is 0. The molecule has 1 N–H and O–H groups in total. The number of ketones is 1. The Bertz CT molecular complexity index is 1260. The molecule has 6 heteroatoms. The van der Waals surface area contributed by atoms with Crippen molar-refractivity contribution in [2.75, 3.05) is 0 Å². The third-order valence-corrected chi connectivity index (χ3v) is 5.84. The van der Waals surface area contributed by atoms with E-state index in [0.717, 1.165) is 21.1 Å². The monoisotopic (exact) mass is 392 g/mol. The first-order valence-corrected chi connectivity index (χ1v) is 9.57. The van der Waals surface area contributed by atoms with E-state index in [1.54, 1.807) is 13.8 Å². The second-order valence-electron chi connectivity index (χ2n) is 7.51. The van der Waals surface area contributed by atoms with E-state index < -0.39 is 17.2 Å². The van der Waals surface area contributed by atoms with Gasteiger partial charge in [-0.25, -0.2) is 0 Å². The number of aryl methyl sites for hydroxylation is 3. The fraction of sp³-hybridized carbons (Fsp3) is 0.348. The molecule has 0 saturated carbocycles. The lowest BCUT2D eigenvalue weighted by Crippen LogP contribution is -2.28. The highest BCUT2D eigenvalue weighted by atomic mass is 16.3. The minimum atomic E-state index is -0.596. The molecule has 1 unspecified atom stereocenters. The number of hydrogen-bond acceptors (Lipinski definition) is 5. The maximum Gasteiger partial charge on any atom is 0.271 e. The van der Waals surface area contributed by atoms with Gasteiger partial charge in [0.25, 0.3) is 5.56 Å². The molecule has 2 heterocycles. The third-order valence-electron chi connectivity index (χ3n) is 5.84. The summed E-state index contributed by atoms with van der Waals surface area (Å²) < 4.78 is 7.05. The van der Waals surface area contributed by atoms with E-state index in [1.165, 1.54) is 6.92 Å². The van der Waals surface area contributed by atoms with E-state index in [9.17, 15) is 20.0 Å². The molecule has 150 valence electrons. The molecule has 0 saturated heterocycles. The number of nitrogens with zero attached hydrogens (tertiary/aromatic N) is 2. The number of fused-ring (bicyclic) bond motifs is 1. The van der Waals surface area contributed by atoms with Crippen molar-refractivity contribution in [2.45, 2.75) is 54.0 Å². The molecule has 0 aliphatic carbocycles. The minimum Gasteiger partial charge on any atom is -0.494 e. The molecule has 29 heavy (non-hydrogen) atoms. The normalized spacial score (nSPS) is 12.2. The van der Waals surface area contributed by atoms with Crippen molar-refractivity contribution >= 4 is 16.8 Å². The Morgan fingerprint density at radius 1 is 1.21 bits per heavy atom. The average molecular weight is 392 g/mol. The molecule has 2 aromatic heterocycles. The molecule has 0 radical (unpaired) electrons. The van der Waals surface area contributed by atoms with Crippen molar-refractivity contribution in [2.24, 2.45) is 0 Å². The number of hydrogen-bond donors (Lipinski definition) is 1. The number of aromatic nitrogens is 1. The van der Waals surface area contributed by atoms with E-state index in [0.29, 0.717) is 17.6 Å². The summed E-state index contributed by atoms with van der Waals surface area (Å²) in [5, 5.41) is 21.2. The smallest absolute Gasteiger partial charge is 0.271 e. The van der Waals surface area contributed by atoms with Crippen molar-refractivity contribution in [3.8, 4) is 11.9 Å². The first-order valence-electron chi connectivity index (χ1n) is 9.57. The Morgan fingerprint density at radius 2 is 1.86 bits per heavy atom.